The molecule has 0 unspecified atom stereocenters. The predicted octanol–water partition coefficient (Wildman–Crippen LogP) is 5.88. The number of carbonyl (C=O) groups is 2. The third-order valence-corrected chi connectivity index (χ3v) is 5.07. The van der Waals surface area contributed by atoms with Gasteiger partial charge < -0.3 is 5.11 Å². The number of carbonyl (C=O) groups excluding carboxylic acids is 1. The zero-order valence-electron chi connectivity index (χ0n) is 14.8. The maximum Gasteiger partial charge on any atom is 0.303 e. The topological polar surface area (TPSA) is 54.4 Å². The Hall–Kier alpha value is -1.42. The normalized spacial score (nSPS) is 11.2. The van der Waals surface area contributed by atoms with E-state index in [9.17, 15) is 9.59 Å². The fourth-order valence-electron chi connectivity index (χ4n) is 2.53. The molecular formula is C20H30O3S. The summed E-state index contributed by atoms with van der Waals surface area (Å²) in [5, 5.41) is 8.57. The Morgan fingerprint density at radius 3 is 2.46 bits per heavy atom. The van der Waals surface area contributed by atoms with E-state index in [0.29, 0.717) is 6.42 Å². The van der Waals surface area contributed by atoms with Gasteiger partial charge in [0.15, 0.2) is 5.78 Å². The molecule has 0 spiro atoms. The predicted molar refractivity (Wildman–Crippen MR) is 102 cm³/mol. The van der Waals surface area contributed by atoms with Crippen LogP contribution in [0.25, 0.3) is 6.08 Å². The van der Waals surface area contributed by atoms with Crippen LogP contribution in [0.1, 0.15) is 80.9 Å². The molecule has 1 aromatic rings. The number of carboxylic acid groups (broad SMARTS) is 1. The first-order valence-electron chi connectivity index (χ1n) is 9.13. The van der Waals surface area contributed by atoms with Crippen molar-refractivity contribution in [1.29, 1.82) is 0 Å². The molecule has 24 heavy (non-hydrogen) atoms. The van der Waals surface area contributed by atoms with E-state index in [1.165, 1.54) is 4.88 Å². The summed E-state index contributed by atoms with van der Waals surface area (Å²) in [6.07, 6.45) is 14.1. The van der Waals surface area contributed by atoms with Gasteiger partial charge in [0.05, 0.1) is 0 Å². The van der Waals surface area contributed by atoms with Gasteiger partial charge in [0, 0.05) is 22.6 Å². The Morgan fingerprint density at radius 1 is 1.00 bits per heavy atom. The third-order valence-electron chi connectivity index (χ3n) is 3.96. The highest BCUT2D eigenvalue weighted by Gasteiger charge is 2.01. The number of thiophene rings is 1. The molecule has 0 radical (unpaired) electrons. The zero-order valence-corrected chi connectivity index (χ0v) is 15.6. The van der Waals surface area contributed by atoms with E-state index in [2.05, 4.69) is 19.1 Å². The lowest BCUT2D eigenvalue weighted by Gasteiger charge is -1.99. The molecule has 134 valence electrons. The zero-order chi connectivity index (χ0) is 17.6. The number of aliphatic carboxylic acids is 1. The summed E-state index contributed by atoms with van der Waals surface area (Å²) in [5.41, 5.74) is 0. The van der Waals surface area contributed by atoms with Gasteiger partial charge in [-0.3, -0.25) is 9.59 Å². The lowest BCUT2D eigenvalue weighted by Crippen LogP contribution is -1.93. The maximum atomic E-state index is 11.7. The Kier molecular flexibility index (Phi) is 11.1. The average molecular weight is 351 g/mol. The first-order chi connectivity index (χ1) is 11.6. The van der Waals surface area contributed by atoms with Crippen LogP contribution in [0.2, 0.25) is 0 Å². The minimum atomic E-state index is -0.696. The summed E-state index contributed by atoms with van der Waals surface area (Å²) in [5.74, 6) is -0.474. The number of ketones is 1. The highest BCUT2D eigenvalue weighted by molar-refractivity contribution is 7.12. The number of allylic oxidation sites excluding steroid dienone is 1. The van der Waals surface area contributed by atoms with E-state index in [1.807, 2.05) is 6.08 Å². The number of aryl methyl sites for hydroxylation is 1. The van der Waals surface area contributed by atoms with E-state index in [0.717, 1.165) is 62.7 Å². The van der Waals surface area contributed by atoms with Gasteiger partial charge in [-0.25, -0.2) is 0 Å². The first-order valence-corrected chi connectivity index (χ1v) is 9.95. The molecule has 0 bridgehead atoms. The van der Waals surface area contributed by atoms with Crippen molar-refractivity contribution in [2.45, 2.75) is 77.6 Å². The monoisotopic (exact) mass is 350 g/mol. The summed E-state index contributed by atoms with van der Waals surface area (Å²) < 4.78 is 0. The molecule has 0 saturated heterocycles. The molecule has 1 heterocycles. The lowest BCUT2D eigenvalue weighted by atomic mass is 10.1. The first kappa shape index (κ1) is 20.6. The maximum absolute atomic E-state index is 11.7. The molecule has 1 rings (SSSR count). The van der Waals surface area contributed by atoms with Crippen LogP contribution in [-0.2, 0) is 16.0 Å². The van der Waals surface area contributed by atoms with Crippen LogP contribution in [-0.4, -0.2) is 16.9 Å². The summed E-state index contributed by atoms with van der Waals surface area (Å²) in [6, 6.07) is 4.24. The third kappa shape index (κ3) is 10.4. The number of hydrogen-bond acceptors (Lipinski definition) is 3. The number of hydrogen-bond donors (Lipinski definition) is 1. The van der Waals surface area contributed by atoms with Gasteiger partial charge in [-0.1, -0.05) is 39.0 Å². The highest BCUT2D eigenvalue weighted by atomic mass is 32.1. The van der Waals surface area contributed by atoms with Gasteiger partial charge in [0.25, 0.3) is 0 Å². The minimum absolute atomic E-state index is 0.222. The van der Waals surface area contributed by atoms with Crippen molar-refractivity contribution in [1.82, 2.24) is 0 Å². The van der Waals surface area contributed by atoms with E-state index >= 15 is 0 Å². The fourth-order valence-corrected chi connectivity index (χ4v) is 3.49. The molecule has 0 aromatic carbocycles. The number of rotatable bonds is 14. The van der Waals surface area contributed by atoms with Crippen LogP contribution in [0.4, 0.5) is 0 Å². The van der Waals surface area contributed by atoms with Crippen molar-refractivity contribution in [3.63, 3.8) is 0 Å². The van der Waals surface area contributed by atoms with Crippen molar-refractivity contribution in [3.05, 3.63) is 28.0 Å². The molecule has 0 atom stereocenters. The quantitative estimate of drug-likeness (QED) is 0.337. The molecular weight excluding hydrogens is 320 g/mol. The largest absolute Gasteiger partial charge is 0.481 e. The molecule has 0 saturated carbocycles. The van der Waals surface area contributed by atoms with Crippen LogP contribution in [0.3, 0.4) is 0 Å². The molecule has 3 nitrogen and oxygen atoms in total. The smallest absolute Gasteiger partial charge is 0.303 e. The Morgan fingerprint density at radius 2 is 1.71 bits per heavy atom. The van der Waals surface area contributed by atoms with Gasteiger partial charge in [0.2, 0.25) is 0 Å². The molecule has 0 amide bonds. The molecule has 1 aromatic heterocycles. The van der Waals surface area contributed by atoms with Crippen LogP contribution >= 0.6 is 11.3 Å². The second-order valence-corrected chi connectivity index (χ2v) is 7.42. The van der Waals surface area contributed by atoms with Crippen LogP contribution < -0.4 is 0 Å². The summed E-state index contributed by atoms with van der Waals surface area (Å²) in [7, 11) is 0. The Labute approximate surface area is 149 Å². The van der Waals surface area contributed by atoms with E-state index < -0.39 is 5.97 Å². The fraction of sp³-hybridized carbons (Fsp3) is 0.600. The van der Waals surface area contributed by atoms with E-state index in [-0.39, 0.29) is 12.2 Å². The molecule has 4 heteroatoms. The molecule has 0 aliphatic heterocycles. The van der Waals surface area contributed by atoms with Crippen molar-refractivity contribution in [2.24, 2.45) is 0 Å². The van der Waals surface area contributed by atoms with Crippen molar-refractivity contribution < 1.29 is 14.7 Å². The summed E-state index contributed by atoms with van der Waals surface area (Å²) in [6.45, 7) is 2.14. The Balaban J connectivity index is 2.16. The number of unbranched alkanes of at least 4 members (excludes halogenated alkanes) is 6. The van der Waals surface area contributed by atoms with Crippen molar-refractivity contribution in [2.75, 3.05) is 0 Å². The Bertz CT molecular complexity index is 517. The molecule has 1 N–H and O–H groups in total. The number of carboxylic acids is 1. The van der Waals surface area contributed by atoms with Crippen LogP contribution in [0.5, 0.6) is 0 Å². The summed E-state index contributed by atoms with van der Waals surface area (Å²) in [4.78, 5) is 24.6. The SMILES string of the molecule is CCCCCC(=O)/C=C/c1ccc(CCCCCCCC(=O)O)s1. The van der Waals surface area contributed by atoms with Gasteiger partial charge in [-0.2, -0.15) is 0 Å². The van der Waals surface area contributed by atoms with E-state index in [1.54, 1.807) is 17.4 Å². The standard InChI is InChI=1S/C20H30O3S/c1-2-3-7-10-17(21)13-14-19-16-15-18(24-19)11-8-5-4-6-9-12-20(22)23/h13-16H,2-12H2,1H3,(H,22,23)/b14-13+. The van der Waals surface area contributed by atoms with Gasteiger partial charge in [-0.15, -0.1) is 11.3 Å². The average Bonchev–Trinajstić information content (AvgIpc) is 3.00. The summed E-state index contributed by atoms with van der Waals surface area (Å²) >= 11 is 1.76. The highest BCUT2D eigenvalue weighted by Crippen LogP contribution is 2.20. The van der Waals surface area contributed by atoms with Gasteiger partial charge in [0.1, 0.15) is 0 Å². The molecule has 0 aliphatic carbocycles. The van der Waals surface area contributed by atoms with Crippen molar-refractivity contribution >= 4 is 29.2 Å². The van der Waals surface area contributed by atoms with Gasteiger partial charge >= 0.3 is 5.97 Å². The molecule has 0 aliphatic rings. The van der Waals surface area contributed by atoms with E-state index in [4.69, 9.17) is 5.11 Å². The van der Waals surface area contributed by atoms with Crippen LogP contribution in [0.15, 0.2) is 18.2 Å². The molecule has 0 fully saturated rings. The second kappa shape index (κ2) is 12.9. The second-order valence-electron chi connectivity index (χ2n) is 6.22. The van der Waals surface area contributed by atoms with Gasteiger partial charge in [-0.05, 0) is 50.0 Å². The lowest BCUT2D eigenvalue weighted by molar-refractivity contribution is -0.137. The van der Waals surface area contributed by atoms with Crippen molar-refractivity contribution in [3.8, 4) is 0 Å². The van der Waals surface area contributed by atoms with Crippen LogP contribution in [0, 0.1) is 0 Å². The minimum Gasteiger partial charge on any atom is -0.481 e.